The smallest absolute Gasteiger partial charge is 0.140 e. The first-order valence-electron chi connectivity index (χ1n) is 5.97. The fourth-order valence-electron chi connectivity index (χ4n) is 2.09. The van der Waals surface area contributed by atoms with Gasteiger partial charge in [-0.3, -0.25) is 0 Å². The zero-order chi connectivity index (χ0) is 12.1. The van der Waals surface area contributed by atoms with Crippen LogP contribution in [-0.4, -0.2) is 24.2 Å². The normalized spacial score (nSPS) is 23.5. The van der Waals surface area contributed by atoms with Crippen LogP contribution in [0.3, 0.4) is 0 Å². The summed E-state index contributed by atoms with van der Waals surface area (Å²) in [5.41, 5.74) is 1.57. The topological polar surface area (TPSA) is 57.9 Å². The third-order valence-electron chi connectivity index (χ3n) is 3.21. The standard InChI is InChI=1S/C13H17N3O/c1-10-12(3-5-17-10)9-15-8-11-2-4-16-13(6-11)7-14/h2,4,6,10,12,15H,3,5,8-9H2,1H3. The van der Waals surface area contributed by atoms with Crippen LogP contribution in [0.25, 0.3) is 0 Å². The van der Waals surface area contributed by atoms with E-state index in [1.54, 1.807) is 6.20 Å². The zero-order valence-corrected chi connectivity index (χ0v) is 10.0. The molecular formula is C13H17N3O. The highest BCUT2D eigenvalue weighted by Gasteiger charge is 2.23. The lowest BCUT2D eigenvalue weighted by Gasteiger charge is -2.14. The lowest BCUT2D eigenvalue weighted by molar-refractivity contribution is 0.105. The maximum absolute atomic E-state index is 8.75. The van der Waals surface area contributed by atoms with Gasteiger partial charge in [0, 0.05) is 25.9 Å². The predicted octanol–water partition coefficient (Wildman–Crippen LogP) is 1.47. The molecular weight excluding hydrogens is 214 g/mol. The maximum Gasteiger partial charge on any atom is 0.140 e. The van der Waals surface area contributed by atoms with E-state index in [-0.39, 0.29) is 0 Å². The average Bonchev–Trinajstić information content (AvgIpc) is 2.76. The zero-order valence-electron chi connectivity index (χ0n) is 10.0. The predicted molar refractivity (Wildman–Crippen MR) is 64.2 cm³/mol. The van der Waals surface area contributed by atoms with Gasteiger partial charge in [-0.15, -0.1) is 0 Å². The van der Waals surface area contributed by atoms with Gasteiger partial charge in [-0.2, -0.15) is 5.26 Å². The second kappa shape index (κ2) is 5.76. The Kier molecular flexibility index (Phi) is 4.08. The van der Waals surface area contributed by atoms with Crippen LogP contribution in [-0.2, 0) is 11.3 Å². The Labute approximate surface area is 102 Å². The van der Waals surface area contributed by atoms with Gasteiger partial charge < -0.3 is 10.1 Å². The van der Waals surface area contributed by atoms with Crippen molar-refractivity contribution in [2.45, 2.75) is 26.0 Å². The highest BCUT2D eigenvalue weighted by atomic mass is 16.5. The number of rotatable bonds is 4. The van der Waals surface area contributed by atoms with E-state index < -0.39 is 0 Å². The van der Waals surface area contributed by atoms with Gasteiger partial charge in [0.25, 0.3) is 0 Å². The summed E-state index contributed by atoms with van der Waals surface area (Å²) in [5.74, 6) is 0.604. The van der Waals surface area contributed by atoms with Gasteiger partial charge in [0.1, 0.15) is 11.8 Å². The van der Waals surface area contributed by atoms with Crippen molar-refractivity contribution in [2.24, 2.45) is 5.92 Å². The molecule has 1 aliphatic heterocycles. The fourth-order valence-corrected chi connectivity index (χ4v) is 2.09. The Hall–Kier alpha value is -1.44. The molecule has 17 heavy (non-hydrogen) atoms. The van der Waals surface area contributed by atoms with Gasteiger partial charge in [0.2, 0.25) is 0 Å². The van der Waals surface area contributed by atoms with Crippen LogP contribution in [0.1, 0.15) is 24.6 Å². The monoisotopic (exact) mass is 231 g/mol. The molecule has 0 aliphatic carbocycles. The largest absolute Gasteiger partial charge is 0.378 e. The van der Waals surface area contributed by atoms with Crippen molar-refractivity contribution in [3.63, 3.8) is 0 Å². The number of hydrogen-bond acceptors (Lipinski definition) is 4. The molecule has 0 saturated carbocycles. The van der Waals surface area contributed by atoms with Crippen molar-refractivity contribution in [2.75, 3.05) is 13.2 Å². The Morgan fingerprint density at radius 1 is 1.65 bits per heavy atom. The molecule has 0 radical (unpaired) electrons. The van der Waals surface area contributed by atoms with Crippen molar-refractivity contribution >= 4 is 0 Å². The number of nitriles is 1. The first-order chi connectivity index (χ1) is 8.29. The first kappa shape index (κ1) is 12.0. The fraction of sp³-hybridized carbons (Fsp3) is 0.538. The van der Waals surface area contributed by atoms with Gasteiger partial charge in [0.05, 0.1) is 6.10 Å². The van der Waals surface area contributed by atoms with Gasteiger partial charge >= 0.3 is 0 Å². The molecule has 0 aromatic carbocycles. The molecule has 1 N–H and O–H groups in total. The number of hydrogen-bond donors (Lipinski definition) is 1. The van der Waals surface area contributed by atoms with Gasteiger partial charge in [-0.25, -0.2) is 4.98 Å². The number of nitrogens with one attached hydrogen (secondary N) is 1. The Bertz CT molecular complexity index is 413. The molecule has 1 aromatic rings. The Balaban J connectivity index is 1.80. The SMILES string of the molecule is CC1OCCC1CNCc1ccnc(C#N)c1. The van der Waals surface area contributed by atoms with Crippen LogP contribution in [0.15, 0.2) is 18.3 Å². The highest BCUT2D eigenvalue weighted by molar-refractivity contribution is 5.25. The second-order valence-corrected chi connectivity index (χ2v) is 4.42. The molecule has 1 saturated heterocycles. The van der Waals surface area contributed by atoms with Crippen LogP contribution >= 0.6 is 0 Å². The molecule has 90 valence electrons. The molecule has 2 heterocycles. The van der Waals surface area contributed by atoms with E-state index in [0.29, 0.717) is 17.7 Å². The second-order valence-electron chi connectivity index (χ2n) is 4.42. The van der Waals surface area contributed by atoms with E-state index in [9.17, 15) is 0 Å². The summed E-state index contributed by atoms with van der Waals surface area (Å²) >= 11 is 0. The summed E-state index contributed by atoms with van der Waals surface area (Å²) in [4.78, 5) is 3.95. The summed E-state index contributed by atoms with van der Waals surface area (Å²) < 4.78 is 5.51. The van der Waals surface area contributed by atoms with Crippen molar-refractivity contribution in [1.29, 1.82) is 5.26 Å². The number of ether oxygens (including phenoxy) is 1. The Morgan fingerprint density at radius 2 is 2.53 bits per heavy atom. The molecule has 4 nitrogen and oxygen atoms in total. The van der Waals surface area contributed by atoms with Crippen molar-refractivity contribution in [1.82, 2.24) is 10.3 Å². The van der Waals surface area contributed by atoms with E-state index in [4.69, 9.17) is 10.00 Å². The van der Waals surface area contributed by atoms with Crippen LogP contribution < -0.4 is 5.32 Å². The van der Waals surface area contributed by atoms with Crippen molar-refractivity contribution in [3.05, 3.63) is 29.6 Å². The summed E-state index contributed by atoms with van der Waals surface area (Å²) in [5, 5.41) is 12.2. The molecule has 1 fully saturated rings. The number of aromatic nitrogens is 1. The van der Waals surface area contributed by atoms with E-state index in [1.165, 1.54) is 0 Å². The van der Waals surface area contributed by atoms with Gasteiger partial charge in [-0.05, 0) is 37.0 Å². The molecule has 0 spiro atoms. The van der Waals surface area contributed by atoms with E-state index in [1.807, 2.05) is 18.2 Å². The summed E-state index contributed by atoms with van der Waals surface area (Å²) in [6.45, 7) is 4.74. The molecule has 0 amide bonds. The average molecular weight is 231 g/mol. The molecule has 2 atom stereocenters. The van der Waals surface area contributed by atoms with E-state index in [2.05, 4.69) is 17.2 Å². The van der Waals surface area contributed by atoms with Crippen LogP contribution in [0.4, 0.5) is 0 Å². The lowest BCUT2D eigenvalue weighted by Crippen LogP contribution is -2.26. The van der Waals surface area contributed by atoms with Crippen LogP contribution in [0.5, 0.6) is 0 Å². The molecule has 2 rings (SSSR count). The lowest BCUT2D eigenvalue weighted by atomic mass is 10.0. The quantitative estimate of drug-likeness (QED) is 0.852. The van der Waals surface area contributed by atoms with Crippen molar-refractivity contribution < 1.29 is 4.74 Å². The molecule has 1 aliphatic rings. The summed E-state index contributed by atoms with van der Waals surface area (Å²) in [7, 11) is 0. The minimum absolute atomic E-state index is 0.356. The minimum atomic E-state index is 0.356. The molecule has 2 unspecified atom stereocenters. The highest BCUT2D eigenvalue weighted by Crippen LogP contribution is 2.19. The third kappa shape index (κ3) is 3.26. The number of pyridine rings is 1. The summed E-state index contributed by atoms with van der Waals surface area (Å²) in [6, 6.07) is 5.80. The molecule has 4 heteroatoms. The van der Waals surface area contributed by atoms with E-state index in [0.717, 1.165) is 31.7 Å². The maximum atomic E-state index is 8.75. The van der Waals surface area contributed by atoms with Gasteiger partial charge in [-0.1, -0.05) is 0 Å². The molecule has 0 bridgehead atoms. The molecule has 1 aromatic heterocycles. The first-order valence-corrected chi connectivity index (χ1v) is 5.97. The van der Waals surface area contributed by atoms with Crippen LogP contribution in [0, 0.1) is 17.2 Å². The van der Waals surface area contributed by atoms with Gasteiger partial charge in [0.15, 0.2) is 0 Å². The Morgan fingerprint density at radius 3 is 3.24 bits per heavy atom. The summed E-state index contributed by atoms with van der Waals surface area (Å²) in [6.07, 6.45) is 3.17. The van der Waals surface area contributed by atoms with E-state index >= 15 is 0 Å². The minimum Gasteiger partial charge on any atom is -0.378 e. The van der Waals surface area contributed by atoms with Crippen molar-refractivity contribution in [3.8, 4) is 6.07 Å². The number of nitrogens with zero attached hydrogens (tertiary/aromatic N) is 2. The van der Waals surface area contributed by atoms with Crippen LogP contribution in [0.2, 0.25) is 0 Å². The third-order valence-corrected chi connectivity index (χ3v) is 3.21.